The van der Waals surface area contributed by atoms with Gasteiger partial charge in [-0.1, -0.05) is 19.1 Å². The molecule has 6 heteroatoms. The molecule has 1 atom stereocenters. The number of anilines is 1. The van der Waals surface area contributed by atoms with E-state index in [9.17, 15) is 14.4 Å². The summed E-state index contributed by atoms with van der Waals surface area (Å²) in [6, 6.07) is 13.0. The van der Waals surface area contributed by atoms with E-state index in [1.165, 1.54) is 17.8 Å². The molecule has 0 radical (unpaired) electrons. The van der Waals surface area contributed by atoms with Gasteiger partial charge in [0.05, 0.1) is 17.2 Å². The zero-order valence-electron chi connectivity index (χ0n) is 14.6. The first-order valence-corrected chi connectivity index (χ1v) is 8.39. The number of benzene rings is 2. The molecule has 1 N–H and O–H groups in total. The summed E-state index contributed by atoms with van der Waals surface area (Å²) in [7, 11) is 0. The summed E-state index contributed by atoms with van der Waals surface area (Å²) in [6.45, 7) is 3.32. The second kappa shape index (κ2) is 7.31. The molecule has 26 heavy (non-hydrogen) atoms. The lowest BCUT2D eigenvalue weighted by Crippen LogP contribution is -2.33. The molecule has 1 amide bonds. The number of hydrogen-bond donors (Lipinski definition) is 1. The van der Waals surface area contributed by atoms with Gasteiger partial charge in [0.1, 0.15) is 6.04 Å². The van der Waals surface area contributed by atoms with E-state index >= 15 is 0 Å². The topological polar surface area (TPSA) is 81.1 Å². The van der Waals surface area contributed by atoms with Crippen LogP contribution in [-0.4, -0.2) is 21.2 Å². The van der Waals surface area contributed by atoms with Gasteiger partial charge in [0.2, 0.25) is 5.91 Å². The van der Waals surface area contributed by atoms with E-state index < -0.39 is 6.04 Å². The first-order chi connectivity index (χ1) is 12.5. The van der Waals surface area contributed by atoms with Crippen molar-refractivity contribution in [3.63, 3.8) is 0 Å². The van der Waals surface area contributed by atoms with Crippen molar-refractivity contribution in [1.82, 2.24) is 9.55 Å². The summed E-state index contributed by atoms with van der Waals surface area (Å²) in [5.74, 6) is -0.342. The number of nitrogens with zero attached hydrogens (tertiary/aromatic N) is 2. The number of ketones is 1. The Morgan fingerprint density at radius 2 is 1.81 bits per heavy atom. The fourth-order valence-corrected chi connectivity index (χ4v) is 2.83. The van der Waals surface area contributed by atoms with Crippen molar-refractivity contribution in [2.24, 2.45) is 0 Å². The monoisotopic (exact) mass is 349 g/mol. The second-order valence-electron chi connectivity index (χ2n) is 6.02. The lowest BCUT2D eigenvalue weighted by atomic mass is 10.1. The molecule has 1 aromatic heterocycles. The Morgan fingerprint density at radius 3 is 2.46 bits per heavy atom. The minimum Gasteiger partial charge on any atom is -0.324 e. The summed E-state index contributed by atoms with van der Waals surface area (Å²) < 4.78 is 1.36. The molecule has 0 aliphatic rings. The fraction of sp³-hybridized carbons (Fsp3) is 0.200. The van der Waals surface area contributed by atoms with Crippen LogP contribution in [0, 0.1) is 0 Å². The molecule has 6 nitrogen and oxygen atoms in total. The first kappa shape index (κ1) is 17.5. The number of aromatic nitrogens is 2. The molecular formula is C20H19N3O3. The molecule has 1 heterocycles. The molecule has 0 spiro atoms. The highest BCUT2D eigenvalue weighted by molar-refractivity contribution is 5.96. The van der Waals surface area contributed by atoms with Gasteiger partial charge in [-0.2, -0.15) is 0 Å². The Kier molecular flexibility index (Phi) is 4.93. The predicted octanol–water partition coefficient (Wildman–Crippen LogP) is 3.19. The van der Waals surface area contributed by atoms with Gasteiger partial charge < -0.3 is 5.32 Å². The number of amides is 1. The highest BCUT2D eigenvalue weighted by Crippen LogP contribution is 2.16. The van der Waals surface area contributed by atoms with Crippen LogP contribution in [0.1, 0.15) is 36.7 Å². The van der Waals surface area contributed by atoms with Gasteiger partial charge in [0.15, 0.2) is 5.78 Å². The lowest BCUT2D eigenvalue weighted by molar-refractivity contribution is -0.119. The van der Waals surface area contributed by atoms with E-state index in [2.05, 4.69) is 10.3 Å². The Hall–Kier alpha value is -3.28. The van der Waals surface area contributed by atoms with Crippen molar-refractivity contribution in [3.05, 3.63) is 70.8 Å². The molecule has 0 bridgehead atoms. The number of hydrogen-bond acceptors (Lipinski definition) is 4. The number of carbonyl (C=O) groups is 2. The summed E-state index contributed by atoms with van der Waals surface area (Å²) in [4.78, 5) is 41.0. The van der Waals surface area contributed by atoms with E-state index in [4.69, 9.17) is 0 Å². The third-order valence-corrected chi connectivity index (χ3v) is 4.27. The molecule has 0 aliphatic heterocycles. The van der Waals surface area contributed by atoms with Crippen LogP contribution in [0.3, 0.4) is 0 Å². The maximum atomic E-state index is 12.7. The van der Waals surface area contributed by atoms with Gasteiger partial charge in [0, 0.05) is 11.3 Å². The molecule has 0 saturated carbocycles. The largest absolute Gasteiger partial charge is 0.324 e. The molecule has 2 aromatic carbocycles. The van der Waals surface area contributed by atoms with Crippen molar-refractivity contribution in [2.75, 3.05) is 5.32 Å². The molecule has 0 saturated heterocycles. The smallest absolute Gasteiger partial charge is 0.261 e. The minimum absolute atomic E-state index is 0.0388. The normalized spacial score (nSPS) is 11.9. The average Bonchev–Trinajstić information content (AvgIpc) is 2.65. The van der Waals surface area contributed by atoms with E-state index in [0.717, 1.165) is 0 Å². The predicted molar refractivity (Wildman–Crippen MR) is 100 cm³/mol. The van der Waals surface area contributed by atoms with Crippen molar-refractivity contribution >= 4 is 28.3 Å². The van der Waals surface area contributed by atoms with Gasteiger partial charge in [-0.15, -0.1) is 0 Å². The van der Waals surface area contributed by atoms with Crippen LogP contribution >= 0.6 is 0 Å². The number of nitrogens with one attached hydrogen (secondary N) is 1. The van der Waals surface area contributed by atoms with Crippen molar-refractivity contribution in [1.29, 1.82) is 0 Å². The minimum atomic E-state index is -0.674. The number of carbonyl (C=O) groups excluding carboxylic acids is 2. The molecule has 132 valence electrons. The molecule has 0 aliphatic carbocycles. The Labute approximate surface area is 150 Å². The van der Waals surface area contributed by atoms with Crippen LogP contribution in [0.25, 0.3) is 10.9 Å². The van der Waals surface area contributed by atoms with E-state index in [1.807, 2.05) is 13.0 Å². The molecule has 3 aromatic rings. The maximum absolute atomic E-state index is 12.7. The Bertz CT molecular complexity index is 1020. The highest BCUT2D eigenvalue weighted by atomic mass is 16.2. The standard InChI is InChI=1S/C20H19N3O3/c1-3-18(19(25)22-15-10-8-14(9-11-15)13(2)24)23-12-21-17-7-5-4-6-16(17)20(23)26/h4-12,18H,3H2,1-2H3,(H,22,25). The zero-order chi connectivity index (χ0) is 18.7. The second-order valence-corrected chi connectivity index (χ2v) is 6.02. The summed E-state index contributed by atoms with van der Waals surface area (Å²) >= 11 is 0. The van der Waals surface area contributed by atoms with Crippen molar-refractivity contribution < 1.29 is 9.59 Å². The van der Waals surface area contributed by atoms with E-state index in [0.29, 0.717) is 28.6 Å². The number of rotatable bonds is 5. The fourth-order valence-electron chi connectivity index (χ4n) is 2.83. The molecular weight excluding hydrogens is 330 g/mol. The zero-order valence-corrected chi connectivity index (χ0v) is 14.6. The molecule has 1 unspecified atom stereocenters. The molecule has 3 rings (SSSR count). The first-order valence-electron chi connectivity index (χ1n) is 8.39. The number of fused-ring (bicyclic) bond motifs is 1. The van der Waals surface area contributed by atoms with Gasteiger partial charge in [-0.05, 0) is 49.7 Å². The average molecular weight is 349 g/mol. The van der Waals surface area contributed by atoms with Crippen LogP contribution in [0.15, 0.2) is 59.7 Å². The summed E-state index contributed by atoms with van der Waals surface area (Å²) in [5, 5.41) is 3.27. The number of para-hydroxylation sites is 1. The van der Waals surface area contributed by atoms with E-state index in [-0.39, 0.29) is 17.2 Å². The van der Waals surface area contributed by atoms with Crippen LogP contribution in [0.2, 0.25) is 0 Å². The van der Waals surface area contributed by atoms with Gasteiger partial charge in [0.25, 0.3) is 5.56 Å². The van der Waals surface area contributed by atoms with Crippen LogP contribution in [-0.2, 0) is 4.79 Å². The Balaban J connectivity index is 1.88. The molecule has 0 fully saturated rings. The van der Waals surface area contributed by atoms with Gasteiger partial charge in [-0.25, -0.2) is 4.98 Å². The quantitative estimate of drug-likeness (QED) is 0.717. The summed E-state index contributed by atoms with van der Waals surface area (Å²) in [6.07, 6.45) is 1.86. The maximum Gasteiger partial charge on any atom is 0.261 e. The van der Waals surface area contributed by atoms with Crippen LogP contribution in [0.5, 0.6) is 0 Å². The van der Waals surface area contributed by atoms with Gasteiger partial charge >= 0.3 is 0 Å². The highest BCUT2D eigenvalue weighted by Gasteiger charge is 2.21. The lowest BCUT2D eigenvalue weighted by Gasteiger charge is -2.18. The Morgan fingerprint density at radius 1 is 1.12 bits per heavy atom. The van der Waals surface area contributed by atoms with Crippen LogP contribution in [0.4, 0.5) is 5.69 Å². The third-order valence-electron chi connectivity index (χ3n) is 4.27. The summed E-state index contributed by atoms with van der Waals surface area (Å²) in [5.41, 5.74) is 1.50. The van der Waals surface area contributed by atoms with Crippen LogP contribution < -0.4 is 10.9 Å². The van der Waals surface area contributed by atoms with Gasteiger partial charge in [-0.3, -0.25) is 19.0 Å². The number of Topliss-reactive ketones (excluding diaryl/α,β-unsaturated/α-hetero) is 1. The van der Waals surface area contributed by atoms with Crippen molar-refractivity contribution in [2.45, 2.75) is 26.3 Å². The van der Waals surface area contributed by atoms with E-state index in [1.54, 1.807) is 42.5 Å². The SMILES string of the molecule is CCC(C(=O)Nc1ccc(C(C)=O)cc1)n1cnc2ccccc2c1=O. The third kappa shape index (κ3) is 3.39. The van der Waals surface area contributed by atoms with Crippen molar-refractivity contribution in [3.8, 4) is 0 Å².